The van der Waals surface area contributed by atoms with E-state index in [-0.39, 0.29) is 18.3 Å². The van der Waals surface area contributed by atoms with Crippen molar-refractivity contribution in [2.75, 3.05) is 13.7 Å². The Morgan fingerprint density at radius 3 is 2.75 bits per heavy atom. The Morgan fingerprint density at radius 1 is 1.25 bits per heavy atom. The molecule has 2 N–H and O–H groups in total. The van der Waals surface area contributed by atoms with Crippen molar-refractivity contribution in [3.63, 3.8) is 0 Å². The van der Waals surface area contributed by atoms with Crippen molar-refractivity contribution in [1.29, 1.82) is 0 Å². The molecule has 0 unspecified atom stereocenters. The topological polar surface area (TPSA) is 80.2 Å². The van der Waals surface area contributed by atoms with Crippen LogP contribution in [0.15, 0.2) is 41.5 Å². The number of phenolic OH excluding ortho intramolecular Hbond substituents is 1. The molecule has 0 spiro atoms. The molecule has 6 nitrogen and oxygen atoms in total. The molecule has 0 aromatic heterocycles. The normalized spacial score (nSPS) is 10.6. The van der Waals surface area contributed by atoms with Gasteiger partial charge in [-0.15, -0.1) is 0 Å². The van der Waals surface area contributed by atoms with Gasteiger partial charge in [-0.05, 0) is 54.8 Å². The minimum absolute atomic E-state index is 0.00559. The van der Waals surface area contributed by atoms with Crippen LogP contribution in [-0.2, 0) is 4.79 Å². The molecule has 0 aliphatic rings. The molecule has 0 fully saturated rings. The first kappa shape index (κ1) is 17.3. The predicted octanol–water partition coefficient (Wildman–Crippen LogP) is 2.55. The van der Waals surface area contributed by atoms with E-state index in [2.05, 4.69) is 10.5 Å². The molecule has 2 rings (SSSR count). The number of aryl methyl sites for hydroxylation is 1. The van der Waals surface area contributed by atoms with Gasteiger partial charge in [0.25, 0.3) is 5.91 Å². The standard InChI is InChI=1S/C18H20N2O4/c1-12-5-4-6-16(13(12)2)24-11-18(22)20-19-10-14-7-8-17(23-3)15(21)9-14/h4-10,21H,11H2,1-3H3,(H,20,22). The number of nitrogens with one attached hydrogen (secondary N) is 1. The molecule has 0 bridgehead atoms. The zero-order valence-electron chi connectivity index (χ0n) is 13.9. The van der Waals surface area contributed by atoms with E-state index < -0.39 is 0 Å². The maximum absolute atomic E-state index is 11.8. The first-order valence-electron chi connectivity index (χ1n) is 7.39. The fourth-order valence-electron chi connectivity index (χ4n) is 2.02. The van der Waals surface area contributed by atoms with Crippen molar-refractivity contribution in [2.24, 2.45) is 5.10 Å². The molecule has 0 saturated carbocycles. The van der Waals surface area contributed by atoms with Crippen LogP contribution in [0.25, 0.3) is 0 Å². The second-order valence-electron chi connectivity index (χ2n) is 5.21. The molecule has 2 aromatic rings. The number of hydrogen-bond donors (Lipinski definition) is 2. The van der Waals surface area contributed by atoms with E-state index in [1.807, 2.05) is 32.0 Å². The van der Waals surface area contributed by atoms with Crippen LogP contribution in [0.3, 0.4) is 0 Å². The SMILES string of the molecule is COc1ccc(C=NNC(=O)COc2cccc(C)c2C)cc1O. The predicted molar refractivity (Wildman–Crippen MR) is 91.8 cm³/mol. The Hall–Kier alpha value is -3.02. The number of benzene rings is 2. The third-order valence-electron chi connectivity index (χ3n) is 3.52. The summed E-state index contributed by atoms with van der Waals surface area (Å²) >= 11 is 0. The van der Waals surface area contributed by atoms with Gasteiger partial charge in [-0.25, -0.2) is 5.43 Å². The number of methoxy groups -OCH3 is 1. The van der Waals surface area contributed by atoms with E-state index in [0.717, 1.165) is 11.1 Å². The molecule has 0 radical (unpaired) electrons. The van der Waals surface area contributed by atoms with Crippen molar-refractivity contribution >= 4 is 12.1 Å². The number of phenols is 1. The molecule has 6 heteroatoms. The van der Waals surface area contributed by atoms with Gasteiger partial charge in [0.1, 0.15) is 5.75 Å². The van der Waals surface area contributed by atoms with Gasteiger partial charge >= 0.3 is 0 Å². The van der Waals surface area contributed by atoms with Crippen LogP contribution in [0.4, 0.5) is 0 Å². The molecule has 0 heterocycles. The molecule has 0 aliphatic carbocycles. The average molecular weight is 328 g/mol. The van der Waals surface area contributed by atoms with Gasteiger partial charge in [0.2, 0.25) is 0 Å². The van der Waals surface area contributed by atoms with Crippen LogP contribution in [0.5, 0.6) is 17.2 Å². The van der Waals surface area contributed by atoms with E-state index >= 15 is 0 Å². The highest BCUT2D eigenvalue weighted by Gasteiger charge is 2.05. The fraction of sp³-hybridized carbons (Fsp3) is 0.222. The number of aromatic hydroxyl groups is 1. The molecular formula is C18H20N2O4. The number of hydrazone groups is 1. The van der Waals surface area contributed by atoms with Crippen molar-refractivity contribution in [2.45, 2.75) is 13.8 Å². The van der Waals surface area contributed by atoms with Gasteiger partial charge in [-0.1, -0.05) is 12.1 Å². The van der Waals surface area contributed by atoms with Gasteiger partial charge in [0, 0.05) is 0 Å². The van der Waals surface area contributed by atoms with E-state index in [9.17, 15) is 9.90 Å². The highest BCUT2D eigenvalue weighted by molar-refractivity contribution is 5.83. The second-order valence-corrected chi connectivity index (χ2v) is 5.21. The molecule has 0 atom stereocenters. The highest BCUT2D eigenvalue weighted by atomic mass is 16.5. The Labute approximate surface area is 140 Å². The number of nitrogens with zero attached hydrogens (tertiary/aromatic N) is 1. The first-order valence-corrected chi connectivity index (χ1v) is 7.39. The zero-order chi connectivity index (χ0) is 17.5. The van der Waals surface area contributed by atoms with Crippen molar-refractivity contribution < 1.29 is 19.4 Å². The van der Waals surface area contributed by atoms with Gasteiger partial charge in [-0.2, -0.15) is 5.10 Å². The Balaban J connectivity index is 1.86. The Morgan fingerprint density at radius 2 is 2.04 bits per heavy atom. The molecule has 24 heavy (non-hydrogen) atoms. The summed E-state index contributed by atoms with van der Waals surface area (Å²) in [5.74, 6) is 0.684. The lowest BCUT2D eigenvalue weighted by Gasteiger charge is -2.09. The average Bonchev–Trinajstić information content (AvgIpc) is 2.56. The molecule has 1 amide bonds. The van der Waals surface area contributed by atoms with E-state index in [4.69, 9.17) is 9.47 Å². The monoisotopic (exact) mass is 328 g/mol. The first-order chi connectivity index (χ1) is 11.5. The van der Waals surface area contributed by atoms with Crippen LogP contribution < -0.4 is 14.9 Å². The molecule has 126 valence electrons. The Bertz CT molecular complexity index is 757. The van der Waals surface area contributed by atoms with E-state index in [1.165, 1.54) is 19.4 Å². The summed E-state index contributed by atoms with van der Waals surface area (Å²) in [4.78, 5) is 11.8. The third-order valence-corrected chi connectivity index (χ3v) is 3.52. The molecule has 0 saturated heterocycles. The van der Waals surface area contributed by atoms with Crippen molar-refractivity contribution in [1.82, 2.24) is 5.43 Å². The maximum atomic E-state index is 11.8. The third kappa shape index (κ3) is 4.49. The van der Waals surface area contributed by atoms with E-state index in [1.54, 1.807) is 12.1 Å². The quantitative estimate of drug-likeness (QED) is 0.631. The highest BCUT2D eigenvalue weighted by Crippen LogP contribution is 2.25. The van der Waals surface area contributed by atoms with Gasteiger partial charge in [0.05, 0.1) is 13.3 Å². The number of amides is 1. The Kier molecular flexibility index (Phi) is 5.78. The van der Waals surface area contributed by atoms with Crippen LogP contribution >= 0.6 is 0 Å². The maximum Gasteiger partial charge on any atom is 0.277 e. The molecular weight excluding hydrogens is 308 g/mol. The minimum atomic E-state index is -0.370. The lowest BCUT2D eigenvalue weighted by molar-refractivity contribution is -0.123. The van der Waals surface area contributed by atoms with Gasteiger partial charge < -0.3 is 14.6 Å². The second kappa shape index (κ2) is 8.01. The van der Waals surface area contributed by atoms with Crippen LogP contribution in [-0.4, -0.2) is 30.9 Å². The zero-order valence-corrected chi connectivity index (χ0v) is 13.9. The van der Waals surface area contributed by atoms with Crippen molar-refractivity contribution in [3.05, 3.63) is 53.1 Å². The summed E-state index contributed by atoms with van der Waals surface area (Å²) in [6, 6.07) is 10.5. The molecule has 0 aliphatic heterocycles. The number of carbonyl (C=O) groups is 1. The summed E-state index contributed by atoms with van der Waals surface area (Å²) in [6.45, 7) is 3.79. The number of hydrogen-bond acceptors (Lipinski definition) is 5. The summed E-state index contributed by atoms with van der Waals surface area (Å²) in [5.41, 5.74) is 5.11. The van der Waals surface area contributed by atoms with Gasteiger partial charge in [-0.3, -0.25) is 4.79 Å². The number of ether oxygens (including phenoxy) is 2. The van der Waals surface area contributed by atoms with Crippen LogP contribution in [0, 0.1) is 13.8 Å². The smallest absolute Gasteiger partial charge is 0.277 e. The lowest BCUT2D eigenvalue weighted by atomic mass is 10.1. The number of rotatable bonds is 6. The minimum Gasteiger partial charge on any atom is -0.504 e. The number of carbonyl (C=O) groups excluding carboxylic acids is 1. The summed E-state index contributed by atoms with van der Waals surface area (Å²) < 4.78 is 10.4. The molecule has 2 aromatic carbocycles. The summed E-state index contributed by atoms with van der Waals surface area (Å²) in [5, 5.41) is 13.5. The summed E-state index contributed by atoms with van der Waals surface area (Å²) in [7, 11) is 1.47. The van der Waals surface area contributed by atoms with Crippen LogP contribution in [0.1, 0.15) is 16.7 Å². The van der Waals surface area contributed by atoms with Crippen LogP contribution in [0.2, 0.25) is 0 Å². The van der Waals surface area contributed by atoms with Gasteiger partial charge in [0.15, 0.2) is 18.1 Å². The van der Waals surface area contributed by atoms with Crippen molar-refractivity contribution in [3.8, 4) is 17.2 Å². The fourth-order valence-corrected chi connectivity index (χ4v) is 2.02. The largest absolute Gasteiger partial charge is 0.504 e. The van der Waals surface area contributed by atoms with E-state index in [0.29, 0.717) is 17.1 Å². The summed E-state index contributed by atoms with van der Waals surface area (Å²) in [6.07, 6.45) is 1.43. The lowest BCUT2D eigenvalue weighted by Crippen LogP contribution is -2.24.